The third-order valence-electron chi connectivity index (χ3n) is 4.54. The molecule has 0 aliphatic carbocycles. The van der Waals surface area contributed by atoms with E-state index in [4.69, 9.17) is 0 Å². The van der Waals surface area contributed by atoms with Gasteiger partial charge >= 0.3 is 0 Å². The van der Waals surface area contributed by atoms with Crippen LogP contribution in [0.3, 0.4) is 0 Å². The van der Waals surface area contributed by atoms with Crippen LogP contribution in [0.1, 0.15) is 36.6 Å². The van der Waals surface area contributed by atoms with Gasteiger partial charge in [-0.2, -0.15) is 0 Å². The van der Waals surface area contributed by atoms with Crippen LogP contribution in [0.25, 0.3) is 10.9 Å². The molecule has 1 heterocycles. The maximum Gasteiger partial charge on any atom is 0.225 e. The summed E-state index contributed by atoms with van der Waals surface area (Å²) in [5.74, 6) is 0.110. The Morgan fingerprint density at radius 2 is 1.71 bits per heavy atom. The van der Waals surface area contributed by atoms with Gasteiger partial charge in [0.15, 0.2) is 0 Å². The Morgan fingerprint density at radius 1 is 1.04 bits per heavy atom. The van der Waals surface area contributed by atoms with Gasteiger partial charge in [0.25, 0.3) is 0 Å². The highest BCUT2D eigenvalue weighted by Crippen LogP contribution is 2.33. The van der Waals surface area contributed by atoms with Crippen LogP contribution < -0.4 is 0 Å². The minimum atomic E-state index is -0.100. The van der Waals surface area contributed by atoms with E-state index in [9.17, 15) is 4.79 Å². The normalized spacial score (nSPS) is 12.5. The van der Waals surface area contributed by atoms with Gasteiger partial charge in [-0.15, -0.1) is 0 Å². The zero-order valence-electron chi connectivity index (χ0n) is 14.7. The number of carbonyl (C=O) groups is 1. The summed E-state index contributed by atoms with van der Waals surface area (Å²) in [5.41, 5.74) is 4.57. The van der Waals surface area contributed by atoms with E-state index < -0.39 is 0 Å². The number of aryl methyl sites for hydroxylation is 1. The van der Waals surface area contributed by atoms with Gasteiger partial charge in [0.2, 0.25) is 5.91 Å². The lowest BCUT2D eigenvalue weighted by atomic mass is 9.95. The SMILES string of the molecule is Cc1ccc([C@@H](c2c[nH]c3ccccc23)N(C)C(=O)C(C)C)cc1. The number of nitrogens with zero attached hydrogens (tertiary/aromatic N) is 1. The molecule has 0 spiro atoms. The van der Waals surface area contributed by atoms with Gasteiger partial charge in [-0.3, -0.25) is 4.79 Å². The molecule has 3 rings (SSSR count). The highest BCUT2D eigenvalue weighted by Gasteiger charge is 2.27. The average Bonchev–Trinajstić information content (AvgIpc) is 3.00. The molecule has 0 bridgehead atoms. The third-order valence-corrected chi connectivity index (χ3v) is 4.54. The second-order valence-electron chi connectivity index (χ2n) is 6.71. The predicted octanol–water partition coefficient (Wildman–Crippen LogP) is 4.68. The van der Waals surface area contributed by atoms with Crippen molar-refractivity contribution >= 4 is 16.8 Å². The van der Waals surface area contributed by atoms with E-state index in [0.29, 0.717) is 0 Å². The molecule has 1 atom stereocenters. The van der Waals surface area contributed by atoms with Crippen molar-refractivity contribution in [1.29, 1.82) is 0 Å². The number of aromatic nitrogens is 1. The lowest BCUT2D eigenvalue weighted by Gasteiger charge is -2.30. The molecule has 3 heteroatoms. The van der Waals surface area contributed by atoms with Crippen LogP contribution in [0.15, 0.2) is 54.7 Å². The molecule has 24 heavy (non-hydrogen) atoms. The molecule has 0 saturated carbocycles. The Labute approximate surface area is 143 Å². The number of carbonyl (C=O) groups excluding carboxylic acids is 1. The molecule has 0 saturated heterocycles. The van der Waals surface area contributed by atoms with Crippen LogP contribution in [-0.2, 0) is 4.79 Å². The number of benzene rings is 2. The Morgan fingerprint density at radius 3 is 2.38 bits per heavy atom. The van der Waals surface area contributed by atoms with Crippen molar-refractivity contribution in [1.82, 2.24) is 9.88 Å². The molecule has 0 aliphatic rings. The van der Waals surface area contributed by atoms with E-state index in [1.807, 2.05) is 44.1 Å². The van der Waals surface area contributed by atoms with Crippen LogP contribution in [0.4, 0.5) is 0 Å². The van der Waals surface area contributed by atoms with E-state index >= 15 is 0 Å². The fraction of sp³-hybridized carbons (Fsp3) is 0.286. The van der Waals surface area contributed by atoms with Crippen molar-refractivity contribution in [2.24, 2.45) is 5.92 Å². The molecule has 0 radical (unpaired) electrons. The van der Waals surface area contributed by atoms with E-state index in [0.717, 1.165) is 22.0 Å². The fourth-order valence-corrected chi connectivity index (χ4v) is 3.22. The Bertz CT molecular complexity index is 846. The highest BCUT2D eigenvalue weighted by molar-refractivity contribution is 5.85. The van der Waals surface area contributed by atoms with Crippen molar-refractivity contribution in [3.63, 3.8) is 0 Å². The molecular weight excluding hydrogens is 296 g/mol. The summed E-state index contributed by atoms with van der Waals surface area (Å²) in [5, 5.41) is 1.16. The van der Waals surface area contributed by atoms with E-state index in [1.54, 1.807) is 0 Å². The first-order chi connectivity index (χ1) is 11.5. The van der Waals surface area contributed by atoms with E-state index in [2.05, 4.69) is 48.3 Å². The number of amides is 1. The van der Waals surface area contributed by atoms with Gasteiger partial charge in [0, 0.05) is 35.6 Å². The van der Waals surface area contributed by atoms with Gasteiger partial charge in [-0.25, -0.2) is 0 Å². The molecule has 2 aromatic carbocycles. The summed E-state index contributed by atoms with van der Waals surface area (Å²) in [6.07, 6.45) is 2.03. The number of fused-ring (bicyclic) bond motifs is 1. The van der Waals surface area contributed by atoms with Gasteiger partial charge in [0.05, 0.1) is 6.04 Å². The number of H-pyrrole nitrogens is 1. The Hall–Kier alpha value is -2.55. The molecule has 0 aliphatic heterocycles. The Balaban J connectivity index is 2.14. The summed E-state index contributed by atoms with van der Waals surface area (Å²) < 4.78 is 0. The zero-order chi connectivity index (χ0) is 17.3. The van der Waals surface area contributed by atoms with Gasteiger partial charge in [-0.05, 0) is 18.6 Å². The highest BCUT2D eigenvalue weighted by atomic mass is 16.2. The van der Waals surface area contributed by atoms with Crippen molar-refractivity contribution in [2.45, 2.75) is 26.8 Å². The summed E-state index contributed by atoms with van der Waals surface area (Å²) in [4.78, 5) is 17.9. The second-order valence-corrected chi connectivity index (χ2v) is 6.71. The minimum Gasteiger partial charge on any atom is -0.361 e. The number of hydrogen-bond donors (Lipinski definition) is 1. The predicted molar refractivity (Wildman–Crippen MR) is 98.9 cm³/mol. The zero-order valence-corrected chi connectivity index (χ0v) is 14.7. The van der Waals surface area contributed by atoms with Crippen LogP contribution in [0, 0.1) is 12.8 Å². The molecule has 3 nitrogen and oxygen atoms in total. The third kappa shape index (κ3) is 2.94. The maximum absolute atomic E-state index is 12.7. The number of para-hydroxylation sites is 1. The molecule has 3 aromatic rings. The van der Waals surface area contributed by atoms with Crippen LogP contribution >= 0.6 is 0 Å². The van der Waals surface area contributed by atoms with Crippen LogP contribution in [-0.4, -0.2) is 22.8 Å². The molecule has 1 amide bonds. The number of nitrogens with one attached hydrogen (secondary N) is 1. The molecule has 124 valence electrons. The maximum atomic E-state index is 12.7. The van der Waals surface area contributed by atoms with Gasteiger partial charge in [-0.1, -0.05) is 61.9 Å². The fourth-order valence-electron chi connectivity index (χ4n) is 3.22. The largest absolute Gasteiger partial charge is 0.361 e. The molecular formula is C21H24N2O. The van der Waals surface area contributed by atoms with Crippen molar-refractivity contribution in [3.05, 3.63) is 71.4 Å². The summed E-state index contributed by atoms with van der Waals surface area (Å²) >= 11 is 0. The number of hydrogen-bond acceptors (Lipinski definition) is 1. The van der Waals surface area contributed by atoms with E-state index in [-0.39, 0.29) is 17.9 Å². The topological polar surface area (TPSA) is 36.1 Å². The van der Waals surface area contributed by atoms with Gasteiger partial charge in [0.1, 0.15) is 0 Å². The monoisotopic (exact) mass is 320 g/mol. The number of aromatic amines is 1. The van der Waals surface area contributed by atoms with Crippen molar-refractivity contribution in [2.75, 3.05) is 7.05 Å². The van der Waals surface area contributed by atoms with Crippen molar-refractivity contribution in [3.8, 4) is 0 Å². The smallest absolute Gasteiger partial charge is 0.225 e. The first-order valence-corrected chi connectivity index (χ1v) is 8.38. The second kappa shape index (κ2) is 6.52. The number of rotatable bonds is 4. The molecule has 0 fully saturated rings. The summed E-state index contributed by atoms with van der Waals surface area (Å²) in [6, 6.07) is 16.6. The molecule has 0 unspecified atom stereocenters. The van der Waals surface area contributed by atoms with E-state index in [1.165, 1.54) is 5.56 Å². The summed E-state index contributed by atoms with van der Waals surface area (Å²) in [7, 11) is 1.90. The summed E-state index contributed by atoms with van der Waals surface area (Å²) in [6.45, 7) is 5.97. The van der Waals surface area contributed by atoms with Crippen LogP contribution in [0.2, 0.25) is 0 Å². The average molecular weight is 320 g/mol. The lowest BCUT2D eigenvalue weighted by molar-refractivity contribution is -0.134. The standard InChI is InChI=1S/C21H24N2O/c1-14(2)21(24)23(4)20(16-11-9-15(3)10-12-16)18-13-22-19-8-6-5-7-17(18)19/h5-14,20,22H,1-4H3/t20-/m0/s1. The molecule has 1 aromatic heterocycles. The first-order valence-electron chi connectivity index (χ1n) is 8.38. The minimum absolute atomic E-state index is 0.0341. The first kappa shape index (κ1) is 16.3. The lowest BCUT2D eigenvalue weighted by Crippen LogP contribution is -2.34. The van der Waals surface area contributed by atoms with Crippen LogP contribution in [0.5, 0.6) is 0 Å². The van der Waals surface area contributed by atoms with Gasteiger partial charge < -0.3 is 9.88 Å². The quantitative estimate of drug-likeness (QED) is 0.744. The van der Waals surface area contributed by atoms with Crippen molar-refractivity contribution < 1.29 is 4.79 Å². The Kier molecular flexibility index (Phi) is 4.43. The molecule has 1 N–H and O–H groups in total.